The predicted octanol–water partition coefficient (Wildman–Crippen LogP) is 1.52. The lowest BCUT2D eigenvalue weighted by Gasteiger charge is -2.21. The number of likely N-dealkylation sites (tertiary alicyclic amines) is 1. The van der Waals surface area contributed by atoms with Gasteiger partial charge in [0.25, 0.3) is 17.7 Å². The highest BCUT2D eigenvalue weighted by Crippen LogP contribution is 2.30. The molecule has 0 spiro atoms. The summed E-state index contributed by atoms with van der Waals surface area (Å²) in [4.78, 5) is 56.8. The summed E-state index contributed by atoms with van der Waals surface area (Å²) in [5.74, 6) is -1.15. The van der Waals surface area contributed by atoms with E-state index in [1.807, 2.05) is 19.1 Å². The number of rotatable bonds is 7. The SMILES string of the molecule is COC(=O)CCN1C(=O)[C@@H]2[C@@H](N=NN2Cc2cccc(C(=O)N(C)c3cccc(C)n3)c2)C1=O. The van der Waals surface area contributed by atoms with Crippen molar-refractivity contribution in [1.29, 1.82) is 0 Å². The number of carbonyl (C=O) groups excluding carboxylic acids is 4. The Hall–Kier alpha value is -4.15. The van der Waals surface area contributed by atoms with Gasteiger partial charge in [-0.15, -0.1) is 0 Å². The number of anilines is 1. The normalized spacial score (nSPS) is 18.9. The number of aryl methyl sites for hydroxylation is 1. The average molecular weight is 464 g/mol. The molecule has 4 rings (SSSR count). The maximum Gasteiger partial charge on any atom is 0.307 e. The van der Waals surface area contributed by atoms with E-state index < -0.39 is 29.9 Å². The van der Waals surface area contributed by atoms with Gasteiger partial charge in [-0.25, -0.2) is 4.98 Å². The highest BCUT2D eigenvalue weighted by Gasteiger charge is 2.54. The monoisotopic (exact) mass is 464 g/mol. The number of imide groups is 1. The molecular weight excluding hydrogens is 440 g/mol. The third-order valence-corrected chi connectivity index (χ3v) is 5.76. The molecule has 11 nitrogen and oxygen atoms in total. The second-order valence-electron chi connectivity index (χ2n) is 8.05. The fourth-order valence-corrected chi connectivity index (χ4v) is 3.94. The molecule has 11 heteroatoms. The zero-order chi connectivity index (χ0) is 24.4. The number of benzene rings is 1. The zero-order valence-corrected chi connectivity index (χ0v) is 19.0. The minimum atomic E-state index is -0.937. The van der Waals surface area contributed by atoms with Crippen molar-refractivity contribution in [3.8, 4) is 0 Å². The molecule has 0 unspecified atom stereocenters. The highest BCUT2D eigenvalue weighted by atomic mass is 16.5. The van der Waals surface area contributed by atoms with E-state index in [1.54, 1.807) is 37.4 Å². The molecule has 0 bridgehead atoms. The number of carbonyl (C=O) groups is 4. The summed E-state index contributed by atoms with van der Waals surface area (Å²) in [7, 11) is 2.90. The maximum atomic E-state index is 13.0. The zero-order valence-electron chi connectivity index (χ0n) is 19.0. The minimum Gasteiger partial charge on any atom is -0.469 e. The van der Waals surface area contributed by atoms with Crippen LogP contribution in [0.2, 0.25) is 0 Å². The van der Waals surface area contributed by atoms with Gasteiger partial charge in [-0.05, 0) is 36.8 Å². The minimum absolute atomic E-state index is 0.0655. The lowest BCUT2D eigenvalue weighted by molar-refractivity contribution is -0.143. The summed E-state index contributed by atoms with van der Waals surface area (Å²) >= 11 is 0. The van der Waals surface area contributed by atoms with Crippen molar-refractivity contribution in [3.63, 3.8) is 0 Å². The summed E-state index contributed by atoms with van der Waals surface area (Å²) in [6.07, 6.45) is -0.0853. The second kappa shape index (κ2) is 9.38. The largest absolute Gasteiger partial charge is 0.469 e. The van der Waals surface area contributed by atoms with Gasteiger partial charge < -0.3 is 4.74 Å². The quantitative estimate of drug-likeness (QED) is 0.449. The number of hydrogen-bond acceptors (Lipinski definition) is 9. The Balaban J connectivity index is 1.47. The van der Waals surface area contributed by atoms with Crippen LogP contribution in [-0.2, 0) is 25.7 Å². The average Bonchev–Trinajstić information content (AvgIpc) is 3.35. The molecule has 2 aromatic rings. The van der Waals surface area contributed by atoms with Crippen LogP contribution < -0.4 is 4.90 Å². The number of ether oxygens (including phenoxy) is 1. The van der Waals surface area contributed by atoms with Crippen LogP contribution in [0.25, 0.3) is 0 Å². The number of amides is 3. The third kappa shape index (κ3) is 4.36. The molecular formula is C23H24N6O5. The van der Waals surface area contributed by atoms with Crippen molar-refractivity contribution in [2.75, 3.05) is 25.6 Å². The number of nitrogens with zero attached hydrogens (tertiary/aromatic N) is 6. The number of hydrogen-bond donors (Lipinski definition) is 0. The van der Waals surface area contributed by atoms with Gasteiger partial charge in [0.1, 0.15) is 5.82 Å². The molecule has 0 radical (unpaired) electrons. The van der Waals surface area contributed by atoms with Crippen LogP contribution in [0.1, 0.15) is 28.0 Å². The molecule has 1 aromatic heterocycles. The number of esters is 1. The van der Waals surface area contributed by atoms with E-state index in [0.29, 0.717) is 11.4 Å². The molecule has 1 saturated heterocycles. The third-order valence-electron chi connectivity index (χ3n) is 5.76. The predicted molar refractivity (Wildman–Crippen MR) is 119 cm³/mol. The number of fused-ring (bicyclic) bond motifs is 1. The van der Waals surface area contributed by atoms with Gasteiger partial charge in [0, 0.05) is 24.8 Å². The van der Waals surface area contributed by atoms with Crippen molar-refractivity contribution >= 4 is 29.5 Å². The van der Waals surface area contributed by atoms with E-state index in [0.717, 1.165) is 16.2 Å². The van der Waals surface area contributed by atoms with Crippen molar-refractivity contribution in [1.82, 2.24) is 14.9 Å². The van der Waals surface area contributed by atoms with E-state index >= 15 is 0 Å². The van der Waals surface area contributed by atoms with Gasteiger partial charge in [0.05, 0.1) is 20.1 Å². The maximum absolute atomic E-state index is 13.0. The van der Waals surface area contributed by atoms with E-state index in [1.165, 1.54) is 17.0 Å². The van der Waals surface area contributed by atoms with Crippen LogP contribution in [-0.4, -0.2) is 71.4 Å². The van der Waals surface area contributed by atoms with Gasteiger partial charge >= 0.3 is 5.97 Å². The first kappa shape index (κ1) is 23.0. The van der Waals surface area contributed by atoms with Gasteiger partial charge in [-0.2, -0.15) is 5.11 Å². The molecule has 2 aliphatic rings. The fraction of sp³-hybridized carbons (Fsp3) is 0.348. The molecule has 0 saturated carbocycles. The number of methoxy groups -OCH3 is 1. The van der Waals surface area contributed by atoms with Crippen LogP contribution in [0, 0.1) is 6.92 Å². The van der Waals surface area contributed by atoms with Crippen LogP contribution in [0.15, 0.2) is 52.8 Å². The second-order valence-corrected chi connectivity index (χ2v) is 8.05. The summed E-state index contributed by atoms with van der Waals surface area (Å²) < 4.78 is 4.58. The molecule has 3 amide bonds. The molecule has 1 aromatic carbocycles. The molecule has 3 heterocycles. The Kier molecular flexibility index (Phi) is 6.35. The van der Waals surface area contributed by atoms with Crippen LogP contribution >= 0.6 is 0 Å². The summed E-state index contributed by atoms with van der Waals surface area (Å²) in [6.45, 7) is 1.97. The summed E-state index contributed by atoms with van der Waals surface area (Å²) in [6, 6.07) is 10.6. The first-order valence-corrected chi connectivity index (χ1v) is 10.7. The van der Waals surface area contributed by atoms with Gasteiger partial charge in [0.2, 0.25) is 0 Å². The van der Waals surface area contributed by atoms with E-state index in [4.69, 9.17) is 0 Å². The molecule has 0 N–H and O–H groups in total. The fourth-order valence-electron chi connectivity index (χ4n) is 3.94. The standard InChI is InChI=1S/C23H24N6O5/c1-14-6-4-9-17(24-14)27(2)21(31)16-8-5-7-15(12-16)13-29-20-19(25-26-29)22(32)28(23(20)33)11-10-18(30)34-3/h4-9,12,19-20H,10-11,13H2,1-3H3/t19-,20+/m1/s1. The van der Waals surface area contributed by atoms with Gasteiger partial charge in [-0.1, -0.05) is 23.4 Å². The van der Waals surface area contributed by atoms with E-state index in [-0.39, 0.29) is 25.4 Å². The van der Waals surface area contributed by atoms with Crippen molar-refractivity contribution in [3.05, 3.63) is 59.3 Å². The molecule has 176 valence electrons. The molecule has 0 aliphatic carbocycles. The lowest BCUT2D eigenvalue weighted by Crippen LogP contribution is -2.40. The van der Waals surface area contributed by atoms with Crippen LogP contribution in [0.3, 0.4) is 0 Å². The van der Waals surface area contributed by atoms with Crippen molar-refractivity contribution in [2.24, 2.45) is 10.3 Å². The Labute approximate surface area is 196 Å². The van der Waals surface area contributed by atoms with Crippen LogP contribution in [0.5, 0.6) is 0 Å². The topological polar surface area (TPSA) is 125 Å². The molecule has 34 heavy (non-hydrogen) atoms. The Bertz CT molecular complexity index is 1180. The Morgan fingerprint density at radius 3 is 2.62 bits per heavy atom. The van der Waals surface area contributed by atoms with E-state index in [2.05, 4.69) is 20.1 Å². The van der Waals surface area contributed by atoms with Crippen molar-refractivity contribution in [2.45, 2.75) is 32.0 Å². The van der Waals surface area contributed by atoms with Gasteiger partial charge in [-0.3, -0.25) is 34.0 Å². The highest BCUT2D eigenvalue weighted by molar-refractivity contribution is 6.09. The summed E-state index contributed by atoms with van der Waals surface area (Å²) in [5.41, 5.74) is 1.98. The first-order valence-electron chi connectivity index (χ1n) is 10.7. The molecule has 1 fully saturated rings. The summed E-state index contributed by atoms with van der Waals surface area (Å²) in [5, 5.41) is 9.44. The Morgan fingerprint density at radius 2 is 1.88 bits per heavy atom. The smallest absolute Gasteiger partial charge is 0.307 e. The van der Waals surface area contributed by atoms with Gasteiger partial charge in [0.15, 0.2) is 12.1 Å². The number of pyridine rings is 1. The van der Waals surface area contributed by atoms with E-state index in [9.17, 15) is 19.2 Å². The molecule has 2 atom stereocenters. The first-order chi connectivity index (χ1) is 16.3. The molecule has 2 aliphatic heterocycles. The van der Waals surface area contributed by atoms with Crippen LogP contribution in [0.4, 0.5) is 5.82 Å². The van der Waals surface area contributed by atoms with Crippen molar-refractivity contribution < 1.29 is 23.9 Å². The Morgan fingerprint density at radius 1 is 1.12 bits per heavy atom. The number of aromatic nitrogens is 1. The lowest BCUT2D eigenvalue weighted by atomic mass is 10.1.